The Morgan fingerprint density at radius 3 is 2.89 bits per heavy atom. The van der Waals surface area contributed by atoms with E-state index in [2.05, 4.69) is 17.2 Å². The number of carbonyl (C=O) groups excluding carboxylic acids is 1. The summed E-state index contributed by atoms with van der Waals surface area (Å²) in [6.45, 7) is 0.181. The van der Waals surface area contributed by atoms with E-state index in [1.165, 1.54) is 18.2 Å². The lowest BCUT2D eigenvalue weighted by Crippen LogP contribution is -2.39. The molecule has 2 rings (SSSR count). The fraction of sp³-hybridized carbons (Fsp3) is 0.357. The molecule has 94 valence electrons. The molecule has 0 unspecified atom stereocenters. The van der Waals surface area contributed by atoms with Gasteiger partial charge in [-0.25, -0.2) is 4.39 Å². The lowest BCUT2D eigenvalue weighted by molar-refractivity contribution is 0.0916. The van der Waals surface area contributed by atoms with E-state index in [9.17, 15) is 9.18 Å². The molecule has 1 aliphatic carbocycles. The van der Waals surface area contributed by atoms with Crippen LogP contribution in [0.3, 0.4) is 0 Å². The number of carbonyl (C=O) groups is 1. The third-order valence-electron chi connectivity index (χ3n) is 2.99. The summed E-state index contributed by atoms with van der Waals surface area (Å²) < 4.78 is 13.1. The summed E-state index contributed by atoms with van der Waals surface area (Å²) in [5.41, 5.74) is 6.08. The van der Waals surface area contributed by atoms with Gasteiger partial charge in [0.1, 0.15) is 5.82 Å². The molecule has 0 heterocycles. The molecule has 4 heteroatoms. The molecule has 3 nitrogen and oxygen atoms in total. The molecule has 0 radical (unpaired) electrons. The minimum atomic E-state index is -0.406. The number of benzene rings is 1. The van der Waals surface area contributed by atoms with Gasteiger partial charge in [0.15, 0.2) is 0 Å². The van der Waals surface area contributed by atoms with Gasteiger partial charge in [-0.1, -0.05) is 11.8 Å². The van der Waals surface area contributed by atoms with Crippen LogP contribution in [-0.2, 0) is 0 Å². The summed E-state index contributed by atoms with van der Waals surface area (Å²) in [6, 6.07) is 4.24. The molecule has 1 fully saturated rings. The van der Waals surface area contributed by atoms with Gasteiger partial charge in [-0.2, -0.15) is 0 Å². The Morgan fingerprint density at radius 1 is 1.50 bits per heavy atom. The van der Waals surface area contributed by atoms with E-state index in [0.717, 1.165) is 19.3 Å². The van der Waals surface area contributed by atoms with Crippen LogP contribution in [0.1, 0.15) is 35.2 Å². The van der Waals surface area contributed by atoms with Crippen molar-refractivity contribution in [1.82, 2.24) is 5.32 Å². The maximum atomic E-state index is 13.1. The zero-order valence-corrected chi connectivity index (χ0v) is 10.0. The number of amides is 1. The highest BCUT2D eigenvalue weighted by Gasteiger charge is 2.21. The largest absolute Gasteiger partial charge is 0.349 e. The molecule has 0 aromatic heterocycles. The van der Waals surface area contributed by atoms with Gasteiger partial charge >= 0.3 is 0 Å². The topological polar surface area (TPSA) is 55.1 Å². The second-order valence-corrected chi connectivity index (χ2v) is 4.30. The van der Waals surface area contributed by atoms with E-state index in [-0.39, 0.29) is 18.5 Å². The highest BCUT2D eigenvalue weighted by Crippen LogP contribution is 2.19. The van der Waals surface area contributed by atoms with Gasteiger partial charge < -0.3 is 11.1 Å². The third kappa shape index (κ3) is 2.88. The van der Waals surface area contributed by atoms with Gasteiger partial charge in [-0.3, -0.25) is 4.79 Å². The first-order chi connectivity index (χ1) is 8.70. The number of halogens is 1. The van der Waals surface area contributed by atoms with E-state index in [1.807, 2.05) is 0 Å². The van der Waals surface area contributed by atoms with Gasteiger partial charge in [-0.05, 0) is 37.5 Å². The molecule has 18 heavy (non-hydrogen) atoms. The fourth-order valence-electron chi connectivity index (χ4n) is 1.78. The molecule has 0 bridgehead atoms. The summed E-state index contributed by atoms with van der Waals surface area (Å²) in [6.07, 6.45) is 3.17. The summed E-state index contributed by atoms with van der Waals surface area (Å²) in [7, 11) is 0. The average Bonchev–Trinajstić information content (AvgIpc) is 2.31. The molecular formula is C14H15FN2O. The van der Waals surface area contributed by atoms with Crippen molar-refractivity contribution in [2.24, 2.45) is 5.73 Å². The number of nitrogens with one attached hydrogen (secondary N) is 1. The molecule has 0 saturated heterocycles. The van der Waals surface area contributed by atoms with Crippen LogP contribution in [-0.4, -0.2) is 18.5 Å². The normalized spacial score (nSPS) is 14.3. The van der Waals surface area contributed by atoms with E-state index < -0.39 is 5.82 Å². The van der Waals surface area contributed by atoms with E-state index >= 15 is 0 Å². The van der Waals surface area contributed by atoms with Crippen LogP contribution in [0.15, 0.2) is 18.2 Å². The van der Waals surface area contributed by atoms with Crippen LogP contribution in [0.4, 0.5) is 4.39 Å². The lowest BCUT2D eigenvalue weighted by Gasteiger charge is -2.26. The van der Waals surface area contributed by atoms with Crippen LogP contribution in [0, 0.1) is 17.7 Å². The Hall–Kier alpha value is -1.86. The van der Waals surface area contributed by atoms with Crippen molar-refractivity contribution >= 4 is 5.91 Å². The summed E-state index contributed by atoms with van der Waals surface area (Å²) in [4.78, 5) is 12.0. The lowest BCUT2D eigenvalue weighted by atomic mass is 9.92. The first-order valence-electron chi connectivity index (χ1n) is 6.00. The predicted molar refractivity (Wildman–Crippen MR) is 67.4 cm³/mol. The monoisotopic (exact) mass is 246 g/mol. The van der Waals surface area contributed by atoms with Gasteiger partial charge in [0.25, 0.3) is 5.91 Å². The van der Waals surface area contributed by atoms with Crippen LogP contribution < -0.4 is 11.1 Å². The standard InChI is InChI=1S/C14H15FN2O/c15-11-6-7-13(10(9-11)3-2-8-16)14(18)17-12-4-1-5-12/h6-7,9,12H,1,4-5,8,16H2,(H,17,18). The Morgan fingerprint density at radius 2 is 2.28 bits per heavy atom. The Labute approximate surface area is 106 Å². The second kappa shape index (κ2) is 5.65. The molecule has 1 aromatic carbocycles. The third-order valence-corrected chi connectivity index (χ3v) is 2.99. The number of rotatable bonds is 2. The summed E-state index contributed by atoms with van der Waals surface area (Å²) in [5.74, 6) is 4.77. The van der Waals surface area contributed by atoms with Gasteiger partial charge in [0.05, 0.1) is 12.1 Å². The Bertz CT molecular complexity index is 512. The minimum absolute atomic E-state index is 0.181. The molecular weight excluding hydrogens is 231 g/mol. The second-order valence-electron chi connectivity index (χ2n) is 4.30. The van der Waals surface area contributed by atoms with E-state index in [1.54, 1.807) is 0 Å². The van der Waals surface area contributed by atoms with Crippen molar-refractivity contribution in [3.8, 4) is 11.8 Å². The molecule has 0 atom stereocenters. The van der Waals surface area contributed by atoms with Crippen molar-refractivity contribution in [2.75, 3.05) is 6.54 Å². The molecule has 0 aliphatic heterocycles. The highest BCUT2D eigenvalue weighted by molar-refractivity contribution is 5.97. The first kappa shape index (κ1) is 12.6. The van der Waals surface area contributed by atoms with Crippen molar-refractivity contribution in [3.05, 3.63) is 35.1 Å². The minimum Gasteiger partial charge on any atom is -0.349 e. The Kier molecular flexibility index (Phi) is 3.96. The van der Waals surface area contributed by atoms with Crippen molar-refractivity contribution in [3.63, 3.8) is 0 Å². The summed E-state index contributed by atoms with van der Waals surface area (Å²) in [5, 5.41) is 2.91. The fourth-order valence-corrected chi connectivity index (χ4v) is 1.78. The quantitative estimate of drug-likeness (QED) is 0.775. The highest BCUT2D eigenvalue weighted by atomic mass is 19.1. The smallest absolute Gasteiger partial charge is 0.252 e. The van der Waals surface area contributed by atoms with Crippen molar-refractivity contribution < 1.29 is 9.18 Å². The van der Waals surface area contributed by atoms with Crippen LogP contribution >= 0.6 is 0 Å². The zero-order chi connectivity index (χ0) is 13.0. The molecule has 0 spiro atoms. The van der Waals surface area contributed by atoms with E-state index in [0.29, 0.717) is 11.1 Å². The molecule has 1 aromatic rings. The molecule has 1 amide bonds. The average molecular weight is 246 g/mol. The van der Waals surface area contributed by atoms with Gasteiger partial charge in [0, 0.05) is 11.6 Å². The number of nitrogens with two attached hydrogens (primary N) is 1. The molecule has 1 saturated carbocycles. The Balaban J connectivity index is 2.21. The summed E-state index contributed by atoms with van der Waals surface area (Å²) >= 11 is 0. The zero-order valence-electron chi connectivity index (χ0n) is 10.0. The van der Waals surface area contributed by atoms with Crippen molar-refractivity contribution in [2.45, 2.75) is 25.3 Å². The van der Waals surface area contributed by atoms with Gasteiger partial charge in [-0.15, -0.1) is 0 Å². The van der Waals surface area contributed by atoms with Crippen LogP contribution in [0.5, 0.6) is 0 Å². The maximum absolute atomic E-state index is 13.1. The number of hydrogen-bond donors (Lipinski definition) is 2. The predicted octanol–water partition coefficient (Wildman–Crippen LogP) is 1.42. The van der Waals surface area contributed by atoms with Crippen molar-refractivity contribution in [1.29, 1.82) is 0 Å². The van der Waals surface area contributed by atoms with E-state index in [4.69, 9.17) is 5.73 Å². The first-order valence-corrected chi connectivity index (χ1v) is 6.00. The maximum Gasteiger partial charge on any atom is 0.252 e. The van der Waals surface area contributed by atoms with Crippen LogP contribution in [0.25, 0.3) is 0 Å². The SMILES string of the molecule is NCC#Cc1cc(F)ccc1C(=O)NC1CCC1. The van der Waals surface area contributed by atoms with Crippen LogP contribution in [0.2, 0.25) is 0 Å². The molecule has 3 N–H and O–H groups in total. The molecule has 1 aliphatic rings. The number of hydrogen-bond acceptors (Lipinski definition) is 2. The van der Waals surface area contributed by atoms with Gasteiger partial charge in [0.2, 0.25) is 0 Å².